The van der Waals surface area contributed by atoms with Gasteiger partial charge in [0.1, 0.15) is 5.82 Å². The van der Waals surface area contributed by atoms with Crippen molar-refractivity contribution in [3.63, 3.8) is 0 Å². The standard InChI is InChI=1S/C13H20N2O/c1-3-12-5-4-10(2)15(12)13-8-11(9-16)6-7-14-13/h6-8,10,12,16H,3-5,9H2,1-2H3. The molecule has 2 atom stereocenters. The number of nitrogens with zero attached hydrogens (tertiary/aromatic N) is 2. The Kier molecular flexibility index (Phi) is 3.44. The molecule has 2 heterocycles. The predicted molar refractivity (Wildman–Crippen MR) is 65.4 cm³/mol. The van der Waals surface area contributed by atoms with Crippen molar-refractivity contribution in [3.8, 4) is 0 Å². The molecule has 0 bridgehead atoms. The van der Waals surface area contributed by atoms with Gasteiger partial charge in [-0.15, -0.1) is 0 Å². The fraction of sp³-hybridized carbons (Fsp3) is 0.615. The molecule has 1 N–H and O–H groups in total. The molecule has 3 heteroatoms. The highest BCUT2D eigenvalue weighted by Gasteiger charge is 2.30. The first-order valence-corrected chi connectivity index (χ1v) is 6.10. The number of rotatable bonds is 3. The van der Waals surface area contributed by atoms with Crippen LogP contribution < -0.4 is 4.90 Å². The molecule has 3 nitrogen and oxygen atoms in total. The van der Waals surface area contributed by atoms with Crippen LogP contribution in [-0.4, -0.2) is 22.2 Å². The van der Waals surface area contributed by atoms with Gasteiger partial charge >= 0.3 is 0 Å². The quantitative estimate of drug-likeness (QED) is 0.849. The van der Waals surface area contributed by atoms with E-state index in [1.165, 1.54) is 12.8 Å². The van der Waals surface area contributed by atoms with E-state index in [2.05, 4.69) is 23.7 Å². The van der Waals surface area contributed by atoms with Crippen molar-refractivity contribution in [2.24, 2.45) is 0 Å². The summed E-state index contributed by atoms with van der Waals surface area (Å²) < 4.78 is 0. The molecule has 0 amide bonds. The summed E-state index contributed by atoms with van der Waals surface area (Å²) in [4.78, 5) is 6.83. The van der Waals surface area contributed by atoms with Gasteiger partial charge in [-0.3, -0.25) is 0 Å². The lowest BCUT2D eigenvalue weighted by Gasteiger charge is -2.29. The second kappa shape index (κ2) is 4.83. The SMILES string of the molecule is CCC1CCC(C)N1c1cc(CO)ccn1. The summed E-state index contributed by atoms with van der Waals surface area (Å²) >= 11 is 0. The van der Waals surface area contributed by atoms with E-state index >= 15 is 0 Å². The Bertz CT molecular complexity index is 354. The lowest BCUT2D eigenvalue weighted by Crippen LogP contribution is -2.34. The maximum absolute atomic E-state index is 9.15. The van der Waals surface area contributed by atoms with Gasteiger partial charge in [-0.2, -0.15) is 0 Å². The molecule has 2 unspecified atom stereocenters. The van der Waals surface area contributed by atoms with Crippen LogP contribution in [0, 0.1) is 0 Å². The Labute approximate surface area is 97.1 Å². The molecule has 88 valence electrons. The van der Waals surface area contributed by atoms with Crippen LogP contribution >= 0.6 is 0 Å². The third-order valence-electron chi connectivity index (χ3n) is 3.51. The van der Waals surface area contributed by atoms with Crippen molar-refractivity contribution in [1.29, 1.82) is 0 Å². The minimum atomic E-state index is 0.0918. The van der Waals surface area contributed by atoms with Crippen molar-refractivity contribution in [3.05, 3.63) is 23.9 Å². The van der Waals surface area contributed by atoms with E-state index in [1.54, 1.807) is 6.20 Å². The molecule has 16 heavy (non-hydrogen) atoms. The second-order valence-electron chi connectivity index (χ2n) is 4.58. The van der Waals surface area contributed by atoms with Crippen LogP contribution in [0.2, 0.25) is 0 Å². The molecule has 1 aromatic rings. The monoisotopic (exact) mass is 220 g/mol. The van der Waals surface area contributed by atoms with Crippen LogP contribution in [0.15, 0.2) is 18.3 Å². The minimum absolute atomic E-state index is 0.0918. The minimum Gasteiger partial charge on any atom is -0.392 e. The first-order valence-electron chi connectivity index (χ1n) is 6.10. The zero-order chi connectivity index (χ0) is 11.5. The van der Waals surface area contributed by atoms with Crippen LogP contribution in [0.4, 0.5) is 5.82 Å². The molecule has 1 saturated heterocycles. The zero-order valence-corrected chi connectivity index (χ0v) is 10.1. The molecule has 1 aliphatic rings. The number of anilines is 1. The highest BCUT2D eigenvalue weighted by atomic mass is 16.3. The molecule has 0 aromatic carbocycles. The Morgan fingerprint density at radius 1 is 1.50 bits per heavy atom. The third-order valence-corrected chi connectivity index (χ3v) is 3.51. The summed E-state index contributed by atoms with van der Waals surface area (Å²) in [5.41, 5.74) is 0.943. The van der Waals surface area contributed by atoms with Crippen molar-refractivity contribution in [2.75, 3.05) is 4.90 Å². The van der Waals surface area contributed by atoms with Crippen molar-refractivity contribution >= 4 is 5.82 Å². The topological polar surface area (TPSA) is 36.4 Å². The summed E-state index contributed by atoms with van der Waals surface area (Å²) in [5, 5.41) is 9.15. The number of aliphatic hydroxyl groups excluding tert-OH is 1. The lowest BCUT2D eigenvalue weighted by molar-refractivity contribution is 0.281. The van der Waals surface area contributed by atoms with Gasteiger partial charge in [-0.25, -0.2) is 4.98 Å². The largest absolute Gasteiger partial charge is 0.392 e. The summed E-state index contributed by atoms with van der Waals surface area (Å²) in [7, 11) is 0. The highest BCUT2D eigenvalue weighted by Crippen LogP contribution is 2.30. The van der Waals surface area contributed by atoms with Gasteiger partial charge in [0.25, 0.3) is 0 Å². The predicted octanol–water partition coefficient (Wildman–Crippen LogP) is 2.34. The number of aromatic nitrogens is 1. The maximum Gasteiger partial charge on any atom is 0.129 e. The number of hydrogen-bond acceptors (Lipinski definition) is 3. The molecular weight excluding hydrogens is 200 g/mol. The van der Waals surface area contributed by atoms with Crippen LogP contribution in [0.5, 0.6) is 0 Å². The third kappa shape index (κ3) is 2.05. The van der Waals surface area contributed by atoms with Gasteiger partial charge < -0.3 is 10.0 Å². The normalized spacial score (nSPS) is 25.1. The average Bonchev–Trinajstić information content (AvgIpc) is 2.70. The van der Waals surface area contributed by atoms with E-state index in [-0.39, 0.29) is 6.61 Å². The summed E-state index contributed by atoms with van der Waals surface area (Å²) in [6.45, 7) is 4.57. The van der Waals surface area contributed by atoms with Crippen molar-refractivity contribution < 1.29 is 5.11 Å². The van der Waals surface area contributed by atoms with Crippen LogP contribution in [-0.2, 0) is 6.61 Å². The zero-order valence-electron chi connectivity index (χ0n) is 10.1. The molecule has 1 fully saturated rings. The highest BCUT2D eigenvalue weighted by molar-refractivity contribution is 5.44. The lowest BCUT2D eigenvalue weighted by atomic mass is 10.1. The van der Waals surface area contributed by atoms with Crippen molar-refractivity contribution in [1.82, 2.24) is 4.98 Å². The van der Waals surface area contributed by atoms with Gasteiger partial charge in [0.05, 0.1) is 6.61 Å². The van der Waals surface area contributed by atoms with Crippen LogP contribution in [0.1, 0.15) is 38.7 Å². The van der Waals surface area contributed by atoms with E-state index < -0.39 is 0 Å². The first kappa shape index (κ1) is 11.4. The molecular formula is C13H20N2O. The fourth-order valence-corrected chi connectivity index (χ4v) is 2.59. The average molecular weight is 220 g/mol. The smallest absolute Gasteiger partial charge is 0.129 e. The van der Waals surface area contributed by atoms with Gasteiger partial charge in [-0.1, -0.05) is 6.92 Å². The van der Waals surface area contributed by atoms with Gasteiger partial charge in [0.2, 0.25) is 0 Å². The Morgan fingerprint density at radius 3 is 3.00 bits per heavy atom. The summed E-state index contributed by atoms with van der Waals surface area (Å²) in [6, 6.07) is 5.04. The Hall–Kier alpha value is -1.09. The Morgan fingerprint density at radius 2 is 2.31 bits per heavy atom. The maximum atomic E-state index is 9.15. The number of hydrogen-bond donors (Lipinski definition) is 1. The van der Waals surface area contributed by atoms with Gasteiger partial charge in [0, 0.05) is 18.3 Å². The fourth-order valence-electron chi connectivity index (χ4n) is 2.59. The van der Waals surface area contributed by atoms with E-state index in [1.807, 2.05) is 12.1 Å². The number of pyridine rings is 1. The second-order valence-corrected chi connectivity index (χ2v) is 4.58. The molecule has 0 saturated carbocycles. The van der Waals surface area contributed by atoms with Gasteiger partial charge in [0.15, 0.2) is 0 Å². The first-order chi connectivity index (χ1) is 7.76. The van der Waals surface area contributed by atoms with E-state index in [0.29, 0.717) is 12.1 Å². The molecule has 2 rings (SSSR count). The molecule has 0 radical (unpaired) electrons. The van der Waals surface area contributed by atoms with Gasteiger partial charge in [-0.05, 0) is 43.9 Å². The van der Waals surface area contributed by atoms with Crippen LogP contribution in [0.3, 0.4) is 0 Å². The molecule has 0 aliphatic carbocycles. The van der Waals surface area contributed by atoms with Crippen LogP contribution in [0.25, 0.3) is 0 Å². The number of aliphatic hydroxyl groups is 1. The summed E-state index contributed by atoms with van der Waals surface area (Å²) in [6.07, 6.45) is 5.44. The molecule has 1 aliphatic heterocycles. The van der Waals surface area contributed by atoms with E-state index in [0.717, 1.165) is 17.8 Å². The van der Waals surface area contributed by atoms with E-state index in [9.17, 15) is 0 Å². The molecule has 1 aromatic heterocycles. The summed E-state index contributed by atoms with van der Waals surface area (Å²) in [5.74, 6) is 1.02. The molecule has 0 spiro atoms. The van der Waals surface area contributed by atoms with E-state index in [4.69, 9.17) is 5.11 Å². The van der Waals surface area contributed by atoms with Crippen molar-refractivity contribution in [2.45, 2.75) is 51.8 Å². The Balaban J connectivity index is 2.27.